The topological polar surface area (TPSA) is 41.4 Å². The van der Waals surface area contributed by atoms with Crippen LogP contribution in [-0.2, 0) is 6.67 Å². The SMILES string of the molecule is O=c1c2ccccc2cnn1CN1CCN(c2ccc(F)cc2)CC1. The fourth-order valence-corrected chi connectivity index (χ4v) is 3.22. The van der Waals surface area contributed by atoms with Gasteiger partial charge in [0, 0.05) is 37.3 Å². The van der Waals surface area contributed by atoms with Crippen molar-refractivity contribution in [2.24, 2.45) is 0 Å². The molecule has 0 radical (unpaired) electrons. The van der Waals surface area contributed by atoms with Crippen molar-refractivity contribution < 1.29 is 4.39 Å². The average Bonchev–Trinajstić information content (AvgIpc) is 2.66. The Morgan fingerprint density at radius 2 is 1.68 bits per heavy atom. The van der Waals surface area contributed by atoms with E-state index in [1.807, 2.05) is 24.3 Å². The summed E-state index contributed by atoms with van der Waals surface area (Å²) >= 11 is 0. The zero-order valence-corrected chi connectivity index (χ0v) is 13.8. The number of nitrogens with zero attached hydrogens (tertiary/aromatic N) is 4. The molecule has 0 N–H and O–H groups in total. The maximum Gasteiger partial charge on any atom is 0.275 e. The maximum atomic E-state index is 13.0. The largest absolute Gasteiger partial charge is 0.369 e. The summed E-state index contributed by atoms with van der Waals surface area (Å²) in [6.07, 6.45) is 1.74. The summed E-state index contributed by atoms with van der Waals surface area (Å²) in [5, 5.41) is 5.86. The van der Waals surface area contributed by atoms with Gasteiger partial charge in [-0.3, -0.25) is 9.69 Å². The third kappa shape index (κ3) is 3.25. The molecule has 1 fully saturated rings. The second-order valence-corrected chi connectivity index (χ2v) is 6.26. The third-order valence-electron chi connectivity index (χ3n) is 4.66. The highest BCUT2D eigenvalue weighted by molar-refractivity contribution is 5.80. The summed E-state index contributed by atoms with van der Waals surface area (Å²) < 4.78 is 14.6. The van der Waals surface area contributed by atoms with Crippen molar-refractivity contribution in [1.82, 2.24) is 14.7 Å². The lowest BCUT2D eigenvalue weighted by Crippen LogP contribution is -2.48. The Hall–Kier alpha value is -2.73. The Kier molecular flexibility index (Phi) is 4.19. The van der Waals surface area contributed by atoms with Crippen LogP contribution in [0.4, 0.5) is 10.1 Å². The van der Waals surface area contributed by atoms with E-state index in [9.17, 15) is 9.18 Å². The van der Waals surface area contributed by atoms with Gasteiger partial charge >= 0.3 is 0 Å². The quantitative estimate of drug-likeness (QED) is 0.735. The second-order valence-electron chi connectivity index (χ2n) is 6.26. The standard InChI is InChI=1S/C19H19FN4O/c20-16-5-7-17(8-6-16)23-11-9-22(10-12-23)14-24-19(25)18-4-2-1-3-15(18)13-21-24/h1-8,13H,9-12,14H2. The molecule has 0 amide bonds. The monoisotopic (exact) mass is 338 g/mol. The van der Waals surface area contributed by atoms with Gasteiger partial charge in [0.25, 0.3) is 5.56 Å². The Balaban J connectivity index is 1.44. The molecule has 5 nitrogen and oxygen atoms in total. The van der Waals surface area contributed by atoms with Crippen LogP contribution in [0.25, 0.3) is 10.8 Å². The predicted octanol–water partition coefficient (Wildman–Crippen LogP) is 2.32. The molecule has 2 heterocycles. The fraction of sp³-hybridized carbons (Fsp3) is 0.263. The lowest BCUT2D eigenvalue weighted by molar-refractivity contribution is 0.192. The van der Waals surface area contributed by atoms with Crippen LogP contribution in [0.5, 0.6) is 0 Å². The summed E-state index contributed by atoms with van der Waals surface area (Å²) in [5.74, 6) is -0.218. The Bertz CT molecular complexity index is 930. The highest BCUT2D eigenvalue weighted by Gasteiger charge is 2.18. The van der Waals surface area contributed by atoms with Crippen molar-refractivity contribution in [3.8, 4) is 0 Å². The van der Waals surface area contributed by atoms with E-state index in [1.54, 1.807) is 18.3 Å². The van der Waals surface area contributed by atoms with Gasteiger partial charge in [-0.1, -0.05) is 18.2 Å². The molecule has 0 saturated carbocycles. The van der Waals surface area contributed by atoms with Crippen LogP contribution in [0.1, 0.15) is 0 Å². The molecule has 1 aliphatic rings. The number of hydrogen-bond acceptors (Lipinski definition) is 4. The van der Waals surface area contributed by atoms with Crippen LogP contribution in [0.15, 0.2) is 59.5 Å². The van der Waals surface area contributed by atoms with Crippen molar-refractivity contribution in [3.63, 3.8) is 0 Å². The van der Waals surface area contributed by atoms with E-state index in [0.717, 1.165) is 37.3 Å². The first-order chi connectivity index (χ1) is 12.2. The minimum Gasteiger partial charge on any atom is -0.369 e. The number of anilines is 1. The van der Waals surface area contributed by atoms with E-state index in [-0.39, 0.29) is 11.4 Å². The highest BCUT2D eigenvalue weighted by atomic mass is 19.1. The molecule has 0 bridgehead atoms. The summed E-state index contributed by atoms with van der Waals surface area (Å²) in [5.41, 5.74) is 0.973. The Morgan fingerprint density at radius 1 is 0.960 bits per heavy atom. The zero-order chi connectivity index (χ0) is 17.2. The fourth-order valence-electron chi connectivity index (χ4n) is 3.22. The van der Waals surface area contributed by atoms with E-state index >= 15 is 0 Å². The van der Waals surface area contributed by atoms with Crippen molar-refractivity contribution in [1.29, 1.82) is 0 Å². The molecule has 3 aromatic rings. The smallest absolute Gasteiger partial charge is 0.275 e. The van der Waals surface area contributed by atoms with Gasteiger partial charge < -0.3 is 4.90 Å². The highest BCUT2D eigenvalue weighted by Crippen LogP contribution is 2.17. The first-order valence-electron chi connectivity index (χ1n) is 8.38. The number of rotatable bonds is 3. The number of halogens is 1. The van der Waals surface area contributed by atoms with Crippen LogP contribution >= 0.6 is 0 Å². The zero-order valence-electron chi connectivity index (χ0n) is 13.8. The first-order valence-corrected chi connectivity index (χ1v) is 8.38. The minimum atomic E-state index is -0.218. The predicted molar refractivity (Wildman–Crippen MR) is 96.2 cm³/mol. The minimum absolute atomic E-state index is 0.0564. The lowest BCUT2D eigenvalue weighted by atomic mass is 10.2. The van der Waals surface area contributed by atoms with Crippen LogP contribution in [-0.4, -0.2) is 40.9 Å². The van der Waals surface area contributed by atoms with Gasteiger partial charge in [-0.15, -0.1) is 0 Å². The van der Waals surface area contributed by atoms with Gasteiger partial charge in [-0.2, -0.15) is 5.10 Å². The van der Waals surface area contributed by atoms with Crippen LogP contribution < -0.4 is 10.5 Å². The number of hydrogen-bond donors (Lipinski definition) is 0. The third-order valence-corrected chi connectivity index (χ3v) is 4.66. The van der Waals surface area contributed by atoms with Crippen LogP contribution in [0.2, 0.25) is 0 Å². The average molecular weight is 338 g/mol. The normalized spacial score (nSPS) is 15.6. The van der Waals surface area contributed by atoms with Crippen molar-refractivity contribution >= 4 is 16.5 Å². The van der Waals surface area contributed by atoms with Crippen molar-refractivity contribution in [3.05, 3.63) is 70.9 Å². The van der Waals surface area contributed by atoms with Gasteiger partial charge in [-0.25, -0.2) is 9.07 Å². The summed E-state index contributed by atoms with van der Waals surface area (Å²) in [4.78, 5) is 17.0. The van der Waals surface area contributed by atoms with Gasteiger partial charge in [0.15, 0.2) is 0 Å². The molecule has 2 aromatic carbocycles. The summed E-state index contributed by atoms with van der Waals surface area (Å²) in [7, 11) is 0. The summed E-state index contributed by atoms with van der Waals surface area (Å²) in [6.45, 7) is 3.83. The van der Waals surface area contributed by atoms with E-state index in [4.69, 9.17) is 0 Å². The van der Waals surface area contributed by atoms with Crippen molar-refractivity contribution in [2.45, 2.75) is 6.67 Å². The number of fused-ring (bicyclic) bond motifs is 1. The molecule has 1 saturated heterocycles. The van der Waals surface area contributed by atoms with E-state index in [2.05, 4.69) is 14.9 Å². The van der Waals surface area contributed by atoms with E-state index in [1.165, 1.54) is 16.8 Å². The molecular formula is C19H19FN4O. The molecule has 0 spiro atoms. The molecule has 25 heavy (non-hydrogen) atoms. The van der Waals surface area contributed by atoms with E-state index in [0.29, 0.717) is 12.1 Å². The number of aromatic nitrogens is 2. The second kappa shape index (κ2) is 6.64. The van der Waals surface area contributed by atoms with E-state index < -0.39 is 0 Å². The summed E-state index contributed by atoms with van der Waals surface area (Å²) in [6, 6.07) is 14.1. The van der Waals surface area contributed by atoms with Gasteiger partial charge in [0.2, 0.25) is 0 Å². The Labute approximate surface area is 144 Å². The van der Waals surface area contributed by atoms with Gasteiger partial charge in [0.1, 0.15) is 5.82 Å². The molecule has 0 unspecified atom stereocenters. The molecule has 0 aliphatic carbocycles. The molecule has 1 aromatic heterocycles. The maximum absolute atomic E-state index is 13.0. The lowest BCUT2D eigenvalue weighted by Gasteiger charge is -2.36. The first kappa shape index (κ1) is 15.8. The molecule has 6 heteroatoms. The van der Waals surface area contributed by atoms with Crippen LogP contribution in [0, 0.1) is 5.82 Å². The van der Waals surface area contributed by atoms with Crippen molar-refractivity contribution in [2.75, 3.05) is 31.1 Å². The number of piperazine rings is 1. The van der Waals surface area contributed by atoms with Gasteiger partial charge in [0.05, 0.1) is 18.3 Å². The number of benzene rings is 2. The Morgan fingerprint density at radius 3 is 2.44 bits per heavy atom. The molecule has 0 atom stereocenters. The molecule has 4 rings (SSSR count). The molecular weight excluding hydrogens is 319 g/mol. The van der Waals surface area contributed by atoms with Crippen LogP contribution in [0.3, 0.4) is 0 Å². The van der Waals surface area contributed by atoms with Gasteiger partial charge in [-0.05, 0) is 30.3 Å². The molecule has 1 aliphatic heterocycles. The molecule has 128 valence electrons.